The average Bonchev–Trinajstić information content (AvgIpc) is 2.66. The van der Waals surface area contributed by atoms with Crippen LogP contribution < -0.4 is 5.73 Å². The average molecular weight is 356 g/mol. The lowest BCUT2D eigenvalue weighted by Gasteiger charge is -2.23. The third-order valence-electron chi connectivity index (χ3n) is 4.01. The van der Waals surface area contributed by atoms with Crippen LogP contribution in [0.15, 0.2) is 66.1 Å². The Balaban J connectivity index is 0.000000481. The van der Waals surface area contributed by atoms with Crippen LogP contribution in [0.4, 0.5) is 0 Å². The molecule has 1 aromatic carbocycles. The summed E-state index contributed by atoms with van der Waals surface area (Å²) in [6, 6.07) is 10.3. The van der Waals surface area contributed by atoms with E-state index in [0.29, 0.717) is 5.70 Å². The van der Waals surface area contributed by atoms with E-state index < -0.39 is 0 Å². The zero-order valence-corrected chi connectivity index (χ0v) is 17.0. The highest BCUT2D eigenvalue weighted by Gasteiger charge is 2.03. The van der Waals surface area contributed by atoms with E-state index in [-0.39, 0.29) is 0 Å². The largest absolute Gasteiger partial charge is 0.402 e. The fraction of sp³-hybridized carbons (Fsp3) is 0.435. The SMILES string of the molecule is C=C(N)C/C=C(\C)c1ccccc1.C=NC(=C)N(CCCC)CCCC. The van der Waals surface area contributed by atoms with Gasteiger partial charge in [-0.15, -0.1) is 0 Å². The molecule has 0 aromatic heterocycles. The second-order valence-electron chi connectivity index (χ2n) is 6.38. The van der Waals surface area contributed by atoms with Gasteiger partial charge in [-0.05, 0) is 37.6 Å². The van der Waals surface area contributed by atoms with Crippen molar-refractivity contribution in [3.8, 4) is 0 Å². The van der Waals surface area contributed by atoms with E-state index in [1.165, 1.54) is 36.8 Å². The summed E-state index contributed by atoms with van der Waals surface area (Å²) in [5.74, 6) is 0.821. The van der Waals surface area contributed by atoms with Crippen LogP contribution in [0.3, 0.4) is 0 Å². The van der Waals surface area contributed by atoms with Crippen LogP contribution in [0.5, 0.6) is 0 Å². The molecular weight excluding hydrogens is 318 g/mol. The van der Waals surface area contributed by atoms with Crippen LogP contribution in [-0.4, -0.2) is 24.7 Å². The molecule has 0 aliphatic rings. The van der Waals surface area contributed by atoms with Gasteiger partial charge in [-0.2, -0.15) is 0 Å². The third-order valence-corrected chi connectivity index (χ3v) is 4.01. The Morgan fingerprint density at radius 2 is 1.62 bits per heavy atom. The maximum atomic E-state index is 5.48. The minimum absolute atomic E-state index is 0.704. The molecule has 26 heavy (non-hydrogen) atoms. The molecule has 0 unspecified atom stereocenters. The number of nitrogens with two attached hydrogens (primary N) is 1. The second kappa shape index (κ2) is 15.0. The van der Waals surface area contributed by atoms with E-state index >= 15 is 0 Å². The summed E-state index contributed by atoms with van der Waals surface area (Å²) < 4.78 is 0. The molecule has 144 valence electrons. The molecule has 1 aromatic rings. The molecule has 0 fully saturated rings. The van der Waals surface area contributed by atoms with Gasteiger partial charge >= 0.3 is 0 Å². The predicted octanol–water partition coefficient (Wildman–Crippen LogP) is 6.01. The monoisotopic (exact) mass is 355 g/mol. The second-order valence-corrected chi connectivity index (χ2v) is 6.38. The van der Waals surface area contributed by atoms with E-state index in [1.807, 2.05) is 18.2 Å². The van der Waals surface area contributed by atoms with E-state index in [4.69, 9.17) is 5.73 Å². The van der Waals surface area contributed by atoms with Crippen molar-refractivity contribution in [3.63, 3.8) is 0 Å². The quantitative estimate of drug-likeness (QED) is 0.494. The first kappa shape index (κ1) is 23.7. The lowest BCUT2D eigenvalue weighted by atomic mass is 10.1. The first-order valence-corrected chi connectivity index (χ1v) is 9.52. The Kier molecular flexibility index (Phi) is 13.7. The smallest absolute Gasteiger partial charge is 0.120 e. The highest BCUT2D eigenvalue weighted by molar-refractivity contribution is 5.63. The highest BCUT2D eigenvalue weighted by atomic mass is 15.2. The summed E-state index contributed by atoms with van der Waals surface area (Å²) in [5, 5.41) is 0. The number of hydrogen-bond acceptors (Lipinski definition) is 3. The molecule has 3 heteroatoms. The van der Waals surface area contributed by atoms with E-state index in [0.717, 1.165) is 25.3 Å². The lowest BCUT2D eigenvalue weighted by molar-refractivity contribution is 0.330. The number of allylic oxidation sites excluding steroid dienone is 2. The van der Waals surface area contributed by atoms with Gasteiger partial charge in [-0.1, -0.05) is 76.3 Å². The van der Waals surface area contributed by atoms with Gasteiger partial charge < -0.3 is 10.6 Å². The first-order valence-electron chi connectivity index (χ1n) is 9.52. The first-order chi connectivity index (χ1) is 12.5. The fourth-order valence-electron chi connectivity index (χ4n) is 2.27. The van der Waals surface area contributed by atoms with Gasteiger partial charge in [0.2, 0.25) is 0 Å². The van der Waals surface area contributed by atoms with Gasteiger partial charge in [-0.25, -0.2) is 4.99 Å². The van der Waals surface area contributed by atoms with Gasteiger partial charge in [0.1, 0.15) is 5.82 Å². The predicted molar refractivity (Wildman–Crippen MR) is 118 cm³/mol. The van der Waals surface area contributed by atoms with Gasteiger partial charge in [0, 0.05) is 25.2 Å². The number of benzene rings is 1. The molecule has 0 spiro atoms. The lowest BCUT2D eigenvalue weighted by Crippen LogP contribution is -2.23. The summed E-state index contributed by atoms with van der Waals surface area (Å²) in [5.41, 5.74) is 8.67. The zero-order valence-electron chi connectivity index (χ0n) is 17.0. The van der Waals surface area contributed by atoms with Gasteiger partial charge in [0.25, 0.3) is 0 Å². The summed E-state index contributed by atoms with van der Waals surface area (Å²) in [4.78, 5) is 6.10. The summed E-state index contributed by atoms with van der Waals surface area (Å²) in [6.07, 6.45) is 7.69. The van der Waals surface area contributed by atoms with E-state index in [2.05, 4.69) is 68.7 Å². The molecule has 0 radical (unpaired) electrons. The van der Waals surface area contributed by atoms with Crippen molar-refractivity contribution in [2.75, 3.05) is 13.1 Å². The molecular formula is C23H37N3. The number of unbranched alkanes of at least 4 members (excludes halogenated alkanes) is 2. The fourth-order valence-corrected chi connectivity index (χ4v) is 2.27. The Bertz CT molecular complexity index is 550. The molecule has 2 N–H and O–H groups in total. The number of hydrogen-bond donors (Lipinski definition) is 1. The van der Waals surface area contributed by atoms with Crippen molar-refractivity contribution in [2.45, 2.75) is 52.9 Å². The maximum Gasteiger partial charge on any atom is 0.120 e. The van der Waals surface area contributed by atoms with Crippen LogP contribution in [0.2, 0.25) is 0 Å². The molecule has 0 amide bonds. The minimum atomic E-state index is 0.704. The third kappa shape index (κ3) is 11.3. The highest BCUT2D eigenvalue weighted by Crippen LogP contribution is 2.13. The molecule has 0 atom stereocenters. The topological polar surface area (TPSA) is 41.6 Å². The van der Waals surface area contributed by atoms with Crippen molar-refractivity contribution in [3.05, 3.63) is 66.6 Å². The van der Waals surface area contributed by atoms with Crippen LogP contribution >= 0.6 is 0 Å². The van der Waals surface area contributed by atoms with E-state index in [9.17, 15) is 0 Å². The minimum Gasteiger partial charge on any atom is -0.402 e. The maximum absolute atomic E-state index is 5.48. The van der Waals surface area contributed by atoms with Crippen LogP contribution in [0, 0.1) is 0 Å². The van der Waals surface area contributed by atoms with Gasteiger partial charge in [-0.3, -0.25) is 0 Å². The van der Waals surface area contributed by atoms with Crippen molar-refractivity contribution >= 4 is 12.3 Å². The van der Waals surface area contributed by atoms with Crippen molar-refractivity contribution in [2.24, 2.45) is 10.7 Å². The summed E-state index contributed by atoms with van der Waals surface area (Å²) in [6.45, 7) is 19.6. The standard InChI is InChI=1S/C12H15N.C11H22N2/c1-10(8-9-11(2)13)12-6-4-3-5-7-12;1-5-7-9-13(10-8-6-2)11(3)12-4/h3-8H,2,9,13H2,1H3;3-10H2,1-2H3/b10-8+;. The van der Waals surface area contributed by atoms with Crippen molar-refractivity contribution < 1.29 is 0 Å². The van der Waals surface area contributed by atoms with Gasteiger partial charge in [0.15, 0.2) is 0 Å². The normalized spacial score (nSPS) is 10.5. The molecule has 0 bridgehead atoms. The van der Waals surface area contributed by atoms with Gasteiger partial charge in [0.05, 0.1) is 0 Å². The molecule has 0 saturated heterocycles. The Morgan fingerprint density at radius 3 is 2.04 bits per heavy atom. The summed E-state index contributed by atoms with van der Waals surface area (Å²) >= 11 is 0. The number of rotatable bonds is 11. The summed E-state index contributed by atoms with van der Waals surface area (Å²) in [7, 11) is 0. The Morgan fingerprint density at radius 1 is 1.08 bits per heavy atom. The van der Waals surface area contributed by atoms with Crippen LogP contribution in [0.25, 0.3) is 5.57 Å². The molecule has 0 heterocycles. The van der Waals surface area contributed by atoms with Crippen molar-refractivity contribution in [1.82, 2.24) is 4.90 Å². The molecule has 3 nitrogen and oxygen atoms in total. The number of aliphatic imine (C=N–C) groups is 1. The molecule has 0 aliphatic carbocycles. The van der Waals surface area contributed by atoms with Crippen LogP contribution in [0.1, 0.15) is 58.4 Å². The molecule has 1 rings (SSSR count). The molecule has 0 aliphatic heterocycles. The van der Waals surface area contributed by atoms with Crippen molar-refractivity contribution in [1.29, 1.82) is 0 Å². The number of nitrogens with zero attached hydrogens (tertiary/aromatic N) is 2. The zero-order chi connectivity index (χ0) is 19.8. The molecule has 0 saturated carbocycles. The Hall–Kier alpha value is -2.29. The van der Waals surface area contributed by atoms with E-state index in [1.54, 1.807) is 0 Å². The van der Waals surface area contributed by atoms with Crippen LogP contribution in [-0.2, 0) is 0 Å². The Labute approximate surface area is 161 Å².